The van der Waals surface area contributed by atoms with Gasteiger partial charge < -0.3 is 40.5 Å². The molecule has 196 valence electrons. The number of likely N-dealkylation sites (tertiary alicyclic amines) is 1. The summed E-state index contributed by atoms with van der Waals surface area (Å²) < 4.78 is 24.1. The van der Waals surface area contributed by atoms with Crippen LogP contribution in [0.4, 0.5) is 0 Å². The molecule has 0 aromatic heterocycles. The van der Waals surface area contributed by atoms with Crippen LogP contribution in [0.3, 0.4) is 0 Å². The third-order valence-electron chi connectivity index (χ3n) is 6.31. The minimum absolute atomic E-state index is 0. The Hall–Kier alpha value is -1.09. The van der Waals surface area contributed by atoms with Crippen molar-refractivity contribution < 1.29 is 57.3 Å². The van der Waals surface area contributed by atoms with Crippen molar-refractivity contribution >= 4 is 35.4 Å². The van der Waals surface area contributed by atoms with Crippen molar-refractivity contribution in [1.82, 2.24) is 15.1 Å². The predicted molar refractivity (Wildman–Crippen MR) is 128 cm³/mol. The van der Waals surface area contributed by atoms with E-state index in [9.17, 15) is 14.4 Å². The molecule has 1 unspecified atom stereocenters. The molecule has 12 nitrogen and oxygen atoms in total. The molecule has 2 amide bonds. The number of nitrogens with two attached hydrogens (primary N) is 2. The van der Waals surface area contributed by atoms with E-state index >= 15 is 0 Å². The number of carbonyl (C=O) groups excluding carboxylic acids is 3. The molecular weight excluding hydrogens is 487 g/mol. The van der Waals surface area contributed by atoms with Crippen LogP contribution in [-0.4, -0.2) is 91.5 Å². The second-order valence-electron chi connectivity index (χ2n) is 8.61. The van der Waals surface area contributed by atoms with Crippen molar-refractivity contribution in [2.45, 2.75) is 88.9 Å². The van der Waals surface area contributed by atoms with Gasteiger partial charge in [-0.15, -0.1) is 0 Å². The minimum atomic E-state index is -2.86. The fourth-order valence-corrected chi connectivity index (χ4v) is 4.59. The van der Waals surface area contributed by atoms with Gasteiger partial charge in [-0.25, -0.2) is 4.21 Å². The summed E-state index contributed by atoms with van der Waals surface area (Å²) in [5, 5.41) is 2.97. The maximum atomic E-state index is 13.7. The average molecular weight is 527 g/mol. The SMILES string of the molecule is CN[C@@H](C)C(=O)N1CCC[C@H]1C(=O)N(C1CCCCC1)[C@H](C=O)CCCN=C(N)N.O=S([O-])O.[Na+]. The van der Waals surface area contributed by atoms with Crippen LogP contribution in [0.25, 0.3) is 0 Å². The van der Waals surface area contributed by atoms with Crippen LogP contribution < -0.4 is 46.3 Å². The van der Waals surface area contributed by atoms with Gasteiger partial charge in [-0.05, 0) is 52.5 Å². The monoisotopic (exact) mass is 526 g/mol. The zero-order chi connectivity index (χ0) is 25.7. The number of amides is 2. The molecule has 0 bridgehead atoms. The van der Waals surface area contributed by atoms with Crippen LogP contribution in [-0.2, 0) is 25.7 Å². The summed E-state index contributed by atoms with van der Waals surface area (Å²) in [5.41, 5.74) is 10.8. The third-order valence-corrected chi connectivity index (χ3v) is 6.31. The number of hydrogen-bond donors (Lipinski definition) is 4. The molecule has 4 atom stereocenters. The van der Waals surface area contributed by atoms with E-state index in [1.807, 2.05) is 0 Å². The van der Waals surface area contributed by atoms with Crippen molar-refractivity contribution in [2.75, 3.05) is 20.1 Å². The van der Waals surface area contributed by atoms with Gasteiger partial charge in [0.25, 0.3) is 0 Å². The summed E-state index contributed by atoms with van der Waals surface area (Å²) in [6.07, 6.45) is 8.50. The summed E-state index contributed by atoms with van der Waals surface area (Å²) in [6.45, 7) is 2.81. The smallest absolute Gasteiger partial charge is 0.750 e. The fraction of sp³-hybridized carbons (Fsp3) is 0.810. The topological polar surface area (TPSA) is 194 Å². The summed E-state index contributed by atoms with van der Waals surface area (Å²) in [4.78, 5) is 46.0. The molecule has 0 radical (unpaired) electrons. The van der Waals surface area contributed by atoms with Gasteiger partial charge in [0.15, 0.2) is 5.96 Å². The Morgan fingerprint density at radius 1 is 1.26 bits per heavy atom. The number of aldehydes is 1. The van der Waals surface area contributed by atoms with Crippen LogP contribution in [0.1, 0.15) is 64.7 Å². The van der Waals surface area contributed by atoms with Gasteiger partial charge in [-0.1, -0.05) is 19.3 Å². The molecule has 14 heteroatoms. The number of nitrogens with one attached hydrogen (secondary N) is 1. The molecule has 1 aliphatic heterocycles. The van der Waals surface area contributed by atoms with Crippen LogP contribution in [0.15, 0.2) is 4.99 Å². The Labute approximate surface area is 232 Å². The van der Waals surface area contributed by atoms with E-state index in [0.29, 0.717) is 32.4 Å². The molecule has 0 aromatic rings. The molecule has 2 fully saturated rings. The van der Waals surface area contributed by atoms with Crippen molar-refractivity contribution in [3.63, 3.8) is 0 Å². The van der Waals surface area contributed by atoms with Crippen molar-refractivity contribution in [3.8, 4) is 0 Å². The zero-order valence-corrected chi connectivity index (χ0v) is 23.9. The van der Waals surface area contributed by atoms with Gasteiger partial charge in [-0.2, -0.15) is 0 Å². The van der Waals surface area contributed by atoms with Gasteiger partial charge in [0.05, 0.1) is 23.4 Å². The minimum Gasteiger partial charge on any atom is -0.750 e. The Kier molecular flexibility index (Phi) is 17.6. The summed E-state index contributed by atoms with van der Waals surface area (Å²) in [5.74, 6) is -0.126. The first kappa shape index (κ1) is 33.9. The number of likely N-dealkylation sites (N-methyl/N-ethyl adjacent to an activating group) is 1. The molecule has 1 heterocycles. The number of aliphatic imine (C=N–C) groups is 1. The first-order valence-electron chi connectivity index (χ1n) is 11.7. The predicted octanol–water partition coefficient (Wildman–Crippen LogP) is -3.29. The molecule has 35 heavy (non-hydrogen) atoms. The fourth-order valence-electron chi connectivity index (χ4n) is 4.59. The van der Waals surface area contributed by atoms with E-state index in [1.165, 1.54) is 0 Å². The van der Waals surface area contributed by atoms with Crippen LogP contribution in [0, 0.1) is 0 Å². The van der Waals surface area contributed by atoms with E-state index in [0.717, 1.165) is 44.8 Å². The molecule has 2 aliphatic rings. The van der Waals surface area contributed by atoms with Crippen molar-refractivity contribution in [1.29, 1.82) is 0 Å². The molecule has 0 spiro atoms. The second-order valence-corrected chi connectivity index (χ2v) is 9.04. The van der Waals surface area contributed by atoms with Gasteiger partial charge in [0.1, 0.15) is 12.3 Å². The molecular formula is C21H39N6NaO6S. The Morgan fingerprint density at radius 3 is 2.37 bits per heavy atom. The molecule has 0 aromatic carbocycles. The zero-order valence-electron chi connectivity index (χ0n) is 21.1. The molecule has 6 N–H and O–H groups in total. The van der Waals surface area contributed by atoms with Gasteiger partial charge in [-0.3, -0.25) is 14.6 Å². The van der Waals surface area contributed by atoms with Gasteiger partial charge in [0, 0.05) is 19.1 Å². The number of hydrogen-bond acceptors (Lipinski definition) is 7. The summed E-state index contributed by atoms with van der Waals surface area (Å²) in [6, 6.07) is -1.31. The summed E-state index contributed by atoms with van der Waals surface area (Å²) in [7, 11) is 1.74. The standard InChI is InChI=1S/C21H38N6O3.Na.H2O3S/c1-15(24-2)19(29)26-13-7-11-18(26)20(30)27(16-8-4-3-5-9-16)17(14-28)10-6-12-25-21(22)23;;1-4(2)3/h14-18,24H,3-13H2,1-2H3,(H4,22,23,25);;(H2,1,2,3)/q;+1;/p-1/t15-,17-,18-;;/m0../s1. The number of carbonyl (C=O) groups is 3. The number of guanidine groups is 1. The first-order chi connectivity index (χ1) is 16.1. The van der Waals surface area contributed by atoms with Gasteiger partial charge >= 0.3 is 29.6 Å². The Morgan fingerprint density at radius 2 is 1.86 bits per heavy atom. The maximum Gasteiger partial charge on any atom is 1.00 e. The normalized spacial score (nSPS) is 20.3. The summed E-state index contributed by atoms with van der Waals surface area (Å²) >= 11 is -2.86. The van der Waals surface area contributed by atoms with Crippen molar-refractivity contribution in [2.24, 2.45) is 16.5 Å². The Bertz CT molecular complexity index is 716. The largest absolute Gasteiger partial charge is 1.00 e. The van der Waals surface area contributed by atoms with Gasteiger partial charge in [0.2, 0.25) is 11.8 Å². The molecule has 1 aliphatic carbocycles. The molecule has 1 saturated heterocycles. The third kappa shape index (κ3) is 11.7. The van der Waals surface area contributed by atoms with E-state index in [1.54, 1.807) is 23.8 Å². The van der Waals surface area contributed by atoms with Crippen molar-refractivity contribution in [3.05, 3.63) is 0 Å². The Balaban J connectivity index is 0.00000214. The quantitative estimate of drug-likeness (QED) is 0.0563. The maximum absolute atomic E-state index is 13.7. The van der Waals surface area contributed by atoms with E-state index < -0.39 is 23.4 Å². The number of rotatable bonds is 10. The van der Waals surface area contributed by atoms with Crippen LogP contribution in [0.5, 0.6) is 0 Å². The molecule has 1 saturated carbocycles. The molecule has 2 rings (SSSR count). The average Bonchev–Trinajstić information content (AvgIpc) is 3.29. The van der Waals surface area contributed by atoms with E-state index in [-0.39, 0.29) is 59.4 Å². The number of nitrogens with zero attached hydrogens (tertiary/aromatic N) is 3. The van der Waals surface area contributed by atoms with Crippen LogP contribution >= 0.6 is 0 Å². The van der Waals surface area contributed by atoms with E-state index in [2.05, 4.69) is 10.3 Å². The van der Waals surface area contributed by atoms with E-state index in [4.69, 9.17) is 24.8 Å². The second kappa shape index (κ2) is 18.2. The first-order valence-corrected chi connectivity index (χ1v) is 12.8. The van der Waals surface area contributed by atoms with Crippen LogP contribution in [0.2, 0.25) is 0 Å².